The first-order valence-corrected chi connectivity index (χ1v) is 12.5. The van der Waals surface area contributed by atoms with E-state index in [0.29, 0.717) is 31.1 Å². The first kappa shape index (κ1) is 21.4. The number of fused-ring (bicyclic) bond motifs is 1. The Kier molecular flexibility index (Phi) is 6.20. The van der Waals surface area contributed by atoms with Gasteiger partial charge in [-0.1, -0.05) is 45.7 Å². The summed E-state index contributed by atoms with van der Waals surface area (Å²) in [6.45, 7) is 1.44. The molecule has 1 N–H and O–H groups in total. The molecular weight excluding hydrogens is 488 g/mol. The van der Waals surface area contributed by atoms with E-state index in [4.69, 9.17) is 11.6 Å². The van der Waals surface area contributed by atoms with Crippen LogP contribution in [0.4, 0.5) is 5.69 Å². The monoisotopic (exact) mass is 508 g/mol. The van der Waals surface area contributed by atoms with Crippen molar-refractivity contribution in [1.82, 2.24) is 14.3 Å². The summed E-state index contributed by atoms with van der Waals surface area (Å²) in [7, 11) is -3.44. The summed E-state index contributed by atoms with van der Waals surface area (Å²) >= 11 is 9.93. The fraction of sp³-hybridized carbons (Fsp3) is 0.286. The van der Waals surface area contributed by atoms with Gasteiger partial charge in [-0.3, -0.25) is 0 Å². The quantitative estimate of drug-likeness (QED) is 0.559. The zero-order valence-corrected chi connectivity index (χ0v) is 19.6. The normalized spacial score (nSPS) is 17.6. The largest absolute Gasteiger partial charge is 0.364 e. The molecule has 0 fully saturated rings. The molecule has 2 heterocycles. The van der Waals surface area contributed by atoms with E-state index in [9.17, 15) is 8.42 Å². The maximum absolute atomic E-state index is 12.8. The molecule has 0 saturated carbocycles. The third-order valence-electron chi connectivity index (χ3n) is 5.30. The minimum atomic E-state index is -3.44. The minimum Gasteiger partial charge on any atom is -0.364 e. The zero-order chi connectivity index (χ0) is 21.3. The van der Waals surface area contributed by atoms with E-state index in [1.807, 2.05) is 42.5 Å². The maximum Gasteiger partial charge on any atom is 0.211 e. The molecule has 0 unspecified atom stereocenters. The van der Waals surface area contributed by atoms with Crippen LogP contribution in [0.1, 0.15) is 16.8 Å². The van der Waals surface area contributed by atoms with Crippen molar-refractivity contribution in [2.75, 3.05) is 17.7 Å². The molecule has 158 valence electrons. The number of halogens is 2. The fourth-order valence-corrected chi connectivity index (χ4v) is 5.61. The van der Waals surface area contributed by atoms with Gasteiger partial charge < -0.3 is 9.88 Å². The predicted octanol–water partition coefficient (Wildman–Crippen LogP) is 4.22. The number of rotatable bonds is 5. The maximum atomic E-state index is 12.8. The molecule has 1 aromatic heterocycles. The Hall–Kier alpha value is -1.87. The average molecular weight is 510 g/mol. The molecule has 4 rings (SSSR count). The van der Waals surface area contributed by atoms with Crippen LogP contribution in [0.3, 0.4) is 0 Å². The van der Waals surface area contributed by atoms with Crippen molar-refractivity contribution in [3.63, 3.8) is 0 Å². The molecular formula is C21H22BrClN4O2S. The highest BCUT2D eigenvalue weighted by molar-refractivity contribution is 9.10. The van der Waals surface area contributed by atoms with Gasteiger partial charge in [-0.25, -0.2) is 13.4 Å². The van der Waals surface area contributed by atoms with Crippen molar-refractivity contribution in [2.24, 2.45) is 0 Å². The number of hydrogen-bond donors (Lipinski definition) is 1. The second-order valence-corrected chi connectivity index (χ2v) is 10.7. The van der Waals surface area contributed by atoms with Crippen molar-refractivity contribution in [3.05, 3.63) is 81.3 Å². The minimum absolute atomic E-state index is 0.269. The van der Waals surface area contributed by atoms with Crippen molar-refractivity contribution in [1.29, 1.82) is 0 Å². The molecule has 30 heavy (non-hydrogen) atoms. The van der Waals surface area contributed by atoms with Gasteiger partial charge in [0.1, 0.15) is 0 Å². The number of sulfonamides is 1. The SMILES string of the molecule is CS(=O)(=O)N1Cc2cc(Br)ccc2N(Cc2cnc[nH]2)C[C@H]1Cc1ccccc1Cl. The van der Waals surface area contributed by atoms with E-state index in [1.165, 1.54) is 6.26 Å². The molecule has 6 nitrogen and oxygen atoms in total. The number of nitrogens with zero attached hydrogens (tertiary/aromatic N) is 3. The second kappa shape index (κ2) is 8.70. The number of benzene rings is 2. The van der Waals surface area contributed by atoms with E-state index in [1.54, 1.807) is 16.8 Å². The van der Waals surface area contributed by atoms with Gasteiger partial charge in [0.2, 0.25) is 10.0 Å². The van der Waals surface area contributed by atoms with E-state index >= 15 is 0 Å². The predicted molar refractivity (Wildman–Crippen MR) is 123 cm³/mol. The summed E-state index contributed by atoms with van der Waals surface area (Å²) in [4.78, 5) is 9.48. The van der Waals surface area contributed by atoms with Crippen LogP contribution in [0.25, 0.3) is 0 Å². The molecule has 0 amide bonds. The van der Waals surface area contributed by atoms with Crippen LogP contribution < -0.4 is 4.90 Å². The molecule has 3 aromatic rings. The highest BCUT2D eigenvalue weighted by Crippen LogP contribution is 2.33. The number of aromatic amines is 1. The smallest absolute Gasteiger partial charge is 0.211 e. The average Bonchev–Trinajstić information content (AvgIpc) is 3.13. The summed E-state index contributed by atoms with van der Waals surface area (Å²) in [5, 5.41) is 0.649. The highest BCUT2D eigenvalue weighted by atomic mass is 79.9. The van der Waals surface area contributed by atoms with Gasteiger partial charge in [0.15, 0.2) is 0 Å². The Bertz CT molecular complexity index is 1140. The lowest BCUT2D eigenvalue weighted by molar-refractivity contribution is 0.320. The van der Waals surface area contributed by atoms with E-state index in [2.05, 4.69) is 30.8 Å². The Balaban J connectivity index is 1.77. The van der Waals surface area contributed by atoms with Gasteiger partial charge in [-0.2, -0.15) is 4.31 Å². The standard InChI is InChI=1S/C21H22BrClN4O2S/c1-30(28,29)27-11-16-8-17(22)6-7-21(16)26(12-18-10-24-14-25-18)13-19(27)9-15-4-2-3-5-20(15)23/h2-8,10,14,19H,9,11-13H2,1H3,(H,24,25)/t19-/m1/s1. The molecule has 1 atom stereocenters. The molecule has 1 aliphatic rings. The molecule has 0 radical (unpaired) electrons. The number of imidazole rings is 1. The Morgan fingerprint density at radius 3 is 2.77 bits per heavy atom. The van der Waals surface area contributed by atoms with E-state index < -0.39 is 10.0 Å². The van der Waals surface area contributed by atoms with Gasteiger partial charge in [-0.05, 0) is 41.8 Å². The highest BCUT2D eigenvalue weighted by Gasteiger charge is 2.34. The van der Waals surface area contributed by atoms with Crippen LogP contribution >= 0.6 is 27.5 Å². The van der Waals surface area contributed by atoms with Gasteiger partial charge in [0.25, 0.3) is 0 Å². The van der Waals surface area contributed by atoms with E-state index in [-0.39, 0.29) is 6.04 Å². The van der Waals surface area contributed by atoms with Crippen LogP contribution in [-0.2, 0) is 29.5 Å². The fourth-order valence-electron chi connectivity index (χ4n) is 3.93. The lowest BCUT2D eigenvalue weighted by Crippen LogP contribution is -2.45. The summed E-state index contributed by atoms with van der Waals surface area (Å²) in [5.41, 5.74) is 3.87. The van der Waals surface area contributed by atoms with Crippen LogP contribution in [0.5, 0.6) is 0 Å². The van der Waals surface area contributed by atoms with Crippen molar-refractivity contribution < 1.29 is 8.42 Å². The van der Waals surface area contributed by atoms with Crippen LogP contribution in [0, 0.1) is 0 Å². The van der Waals surface area contributed by atoms with Crippen molar-refractivity contribution in [2.45, 2.75) is 25.6 Å². The molecule has 0 saturated heterocycles. The number of nitrogens with one attached hydrogen (secondary N) is 1. The van der Waals surface area contributed by atoms with Gasteiger partial charge in [0, 0.05) is 40.5 Å². The van der Waals surface area contributed by atoms with Crippen LogP contribution in [0.2, 0.25) is 5.02 Å². The number of H-pyrrole nitrogens is 1. The lowest BCUT2D eigenvalue weighted by Gasteiger charge is -2.31. The van der Waals surface area contributed by atoms with Gasteiger partial charge in [-0.15, -0.1) is 0 Å². The summed E-state index contributed by atoms with van der Waals surface area (Å²) in [5.74, 6) is 0. The van der Waals surface area contributed by atoms with Gasteiger partial charge in [0.05, 0.1) is 24.8 Å². The second-order valence-electron chi connectivity index (χ2n) is 7.49. The summed E-state index contributed by atoms with van der Waals surface area (Å²) in [6.07, 6.45) is 5.25. The third-order valence-corrected chi connectivity index (χ3v) is 7.44. The summed E-state index contributed by atoms with van der Waals surface area (Å²) < 4.78 is 28.1. The topological polar surface area (TPSA) is 69.3 Å². The Labute approximate surface area is 190 Å². The van der Waals surface area contributed by atoms with Gasteiger partial charge >= 0.3 is 0 Å². The molecule has 2 aromatic carbocycles. The number of aromatic nitrogens is 2. The molecule has 0 bridgehead atoms. The first-order valence-electron chi connectivity index (χ1n) is 9.52. The number of hydrogen-bond acceptors (Lipinski definition) is 4. The molecule has 0 aliphatic carbocycles. The third kappa shape index (κ3) is 4.72. The molecule has 0 spiro atoms. The molecule has 9 heteroatoms. The van der Waals surface area contributed by atoms with Crippen molar-refractivity contribution >= 4 is 43.2 Å². The Morgan fingerprint density at radius 2 is 2.07 bits per heavy atom. The van der Waals surface area contributed by atoms with Crippen molar-refractivity contribution in [3.8, 4) is 0 Å². The zero-order valence-electron chi connectivity index (χ0n) is 16.4. The molecule has 1 aliphatic heterocycles. The number of anilines is 1. The first-order chi connectivity index (χ1) is 14.3. The lowest BCUT2D eigenvalue weighted by atomic mass is 10.1. The summed E-state index contributed by atoms with van der Waals surface area (Å²) in [6, 6.07) is 13.3. The Morgan fingerprint density at radius 1 is 1.27 bits per heavy atom. The van der Waals surface area contributed by atoms with E-state index in [0.717, 1.165) is 27.0 Å². The van der Waals surface area contributed by atoms with Crippen LogP contribution in [-0.4, -0.2) is 41.5 Å². The van der Waals surface area contributed by atoms with Crippen LogP contribution in [0.15, 0.2) is 59.5 Å².